The van der Waals surface area contributed by atoms with Gasteiger partial charge in [-0.2, -0.15) is 0 Å². The topological polar surface area (TPSA) is 57.6 Å². The van der Waals surface area contributed by atoms with Crippen LogP contribution in [0.2, 0.25) is 0 Å². The zero-order valence-corrected chi connectivity index (χ0v) is 13.0. The number of carbonyl (C=O) groups excluding carboxylic acids is 1. The van der Waals surface area contributed by atoms with Crippen molar-refractivity contribution in [1.82, 2.24) is 4.90 Å². The molecule has 0 radical (unpaired) electrons. The van der Waals surface area contributed by atoms with E-state index < -0.39 is 11.4 Å². The predicted molar refractivity (Wildman–Crippen MR) is 79.6 cm³/mol. The molecule has 1 amide bonds. The number of hydrogen-bond donors (Lipinski definition) is 1. The Morgan fingerprint density at radius 3 is 2.30 bits per heavy atom. The maximum Gasteiger partial charge on any atom is 0.323 e. The molecule has 1 aliphatic carbocycles. The lowest BCUT2D eigenvalue weighted by molar-refractivity contribution is -0.149. The summed E-state index contributed by atoms with van der Waals surface area (Å²) in [6.45, 7) is 2.01. The largest absolute Gasteiger partial charge is 0.480 e. The van der Waals surface area contributed by atoms with Crippen LogP contribution in [0.3, 0.4) is 0 Å². The van der Waals surface area contributed by atoms with E-state index in [0.717, 1.165) is 29.3 Å². The molecule has 0 aliphatic heterocycles. The van der Waals surface area contributed by atoms with Gasteiger partial charge in [0, 0.05) is 11.0 Å². The van der Waals surface area contributed by atoms with Crippen LogP contribution in [0.4, 0.5) is 0 Å². The summed E-state index contributed by atoms with van der Waals surface area (Å²) < 4.78 is 0.973. The van der Waals surface area contributed by atoms with Crippen molar-refractivity contribution in [3.8, 4) is 0 Å². The first kappa shape index (κ1) is 15.0. The SMILES string of the molecule is CCN(CC(=O)O)C(=O)C1(c2ccc(Br)cc2)CCC1. The van der Waals surface area contributed by atoms with Crippen LogP contribution < -0.4 is 0 Å². The number of aliphatic carboxylic acids is 1. The summed E-state index contributed by atoms with van der Waals surface area (Å²) in [5.74, 6) is -1.03. The van der Waals surface area contributed by atoms with Gasteiger partial charge in [-0.05, 0) is 37.5 Å². The summed E-state index contributed by atoms with van der Waals surface area (Å²) in [6.07, 6.45) is 2.60. The normalized spacial score (nSPS) is 16.3. The number of nitrogens with zero attached hydrogens (tertiary/aromatic N) is 1. The Kier molecular flexibility index (Phi) is 4.48. The Bertz CT molecular complexity index is 508. The molecular formula is C15H18BrNO3. The van der Waals surface area contributed by atoms with Gasteiger partial charge in [0.2, 0.25) is 5.91 Å². The third-order valence-electron chi connectivity index (χ3n) is 4.01. The quantitative estimate of drug-likeness (QED) is 0.897. The van der Waals surface area contributed by atoms with E-state index in [2.05, 4.69) is 15.9 Å². The van der Waals surface area contributed by atoms with Crippen molar-refractivity contribution in [2.75, 3.05) is 13.1 Å². The van der Waals surface area contributed by atoms with Gasteiger partial charge in [-0.3, -0.25) is 9.59 Å². The van der Waals surface area contributed by atoms with Crippen LogP contribution in [-0.4, -0.2) is 35.0 Å². The molecule has 2 rings (SSSR count). The van der Waals surface area contributed by atoms with E-state index in [1.54, 1.807) is 0 Å². The number of carbonyl (C=O) groups is 2. The van der Waals surface area contributed by atoms with Crippen LogP contribution in [0.15, 0.2) is 28.7 Å². The van der Waals surface area contributed by atoms with Crippen molar-refractivity contribution in [2.24, 2.45) is 0 Å². The lowest BCUT2D eigenvalue weighted by atomic mass is 9.63. The Hall–Kier alpha value is -1.36. The molecule has 0 bridgehead atoms. The van der Waals surface area contributed by atoms with Crippen LogP contribution in [0.25, 0.3) is 0 Å². The van der Waals surface area contributed by atoms with Crippen LogP contribution in [0.5, 0.6) is 0 Å². The Balaban J connectivity index is 2.28. The van der Waals surface area contributed by atoms with Crippen LogP contribution in [-0.2, 0) is 15.0 Å². The summed E-state index contributed by atoms with van der Waals surface area (Å²) >= 11 is 3.39. The average Bonchev–Trinajstić information content (AvgIpc) is 2.36. The smallest absolute Gasteiger partial charge is 0.323 e. The summed E-state index contributed by atoms with van der Waals surface area (Å²) in [5, 5.41) is 8.93. The number of hydrogen-bond acceptors (Lipinski definition) is 2. The van der Waals surface area contributed by atoms with Gasteiger partial charge in [0.15, 0.2) is 0 Å². The van der Waals surface area contributed by atoms with Crippen LogP contribution >= 0.6 is 15.9 Å². The zero-order valence-electron chi connectivity index (χ0n) is 11.4. The maximum absolute atomic E-state index is 12.8. The molecule has 0 spiro atoms. The van der Waals surface area contributed by atoms with Gasteiger partial charge in [-0.1, -0.05) is 34.5 Å². The Labute approximate surface area is 126 Å². The molecular weight excluding hydrogens is 322 g/mol. The zero-order chi connectivity index (χ0) is 14.8. The van der Waals surface area contributed by atoms with E-state index in [1.165, 1.54) is 4.90 Å². The third kappa shape index (κ3) is 2.73. The molecule has 0 saturated heterocycles. The van der Waals surface area contributed by atoms with Crippen molar-refractivity contribution in [3.05, 3.63) is 34.3 Å². The van der Waals surface area contributed by atoms with E-state index in [-0.39, 0.29) is 12.5 Å². The van der Waals surface area contributed by atoms with E-state index in [0.29, 0.717) is 6.54 Å². The molecule has 5 heteroatoms. The van der Waals surface area contributed by atoms with Gasteiger partial charge >= 0.3 is 5.97 Å². The summed E-state index contributed by atoms with van der Waals surface area (Å²) in [6, 6.07) is 7.76. The molecule has 0 atom stereocenters. The molecule has 0 unspecified atom stereocenters. The standard InChI is InChI=1S/C15H18BrNO3/c1-2-17(10-13(18)19)14(20)15(8-3-9-15)11-4-6-12(16)7-5-11/h4-7H,2-3,8-10H2,1H3,(H,18,19). The van der Waals surface area contributed by atoms with Crippen LogP contribution in [0.1, 0.15) is 31.7 Å². The number of benzene rings is 1. The van der Waals surface area contributed by atoms with Crippen LogP contribution in [0, 0.1) is 0 Å². The minimum Gasteiger partial charge on any atom is -0.480 e. The lowest BCUT2D eigenvalue weighted by Gasteiger charge is -2.43. The molecule has 1 fully saturated rings. The minimum absolute atomic E-state index is 0.0593. The molecule has 4 nitrogen and oxygen atoms in total. The fraction of sp³-hybridized carbons (Fsp3) is 0.467. The highest BCUT2D eigenvalue weighted by Crippen LogP contribution is 2.45. The molecule has 1 aliphatic rings. The summed E-state index contributed by atoms with van der Waals surface area (Å²) in [4.78, 5) is 25.1. The second kappa shape index (κ2) is 5.95. The van der Waals surface area contributed by atoms with E-state index in [1.807, 2.05) is 31.2 Å². The van der Waals surface area contributed by atoms with Crippen molar-refractivity contribution >= 4 is 27.8 Å². The Morgan fingerprint density at radius 1 is 1.30 bits per heavy atom. The average molecular weight is 340 g/mol. The number of carboxylic acids is 1. The summed E-state index contributed by atoms with van der Waals surface area (Å²) in [5.41, 5.74) is 0.465. The fourth-order valence-electron chi connectivity index (χ4n) is 2.72. The molecule has 20 heavy (non-hydrogen) atoms. The second-order valence-electron chi connectivity index (χ2n) is 5.16. The molecule has 108 valence electrons. The first-order chi connectivity index (χ1) is 9.49. The van der Waals surface area contributed by atoms with Gasteiger partial charge in [0.1, 0.15) is 6.54 Å². The predicted octanol–water partition coefficient (Wildman–Crippen LogP) is 2.80. The van der Waals surface area contributed by atoms with Crippen molar-refractivity contribution in [1.29, 1.82) is 0 Å². The number of amides is 1. The molecule has 0 aromatic heterocycles. The number of likely N-dealkylation sites (N-methyl/N-ethyl adjacent to an activating group) is 1. The van der Waals surface area contributed by atoms with E-state index in [9.17, 15) is 9.59 Å². The number of rotatable bonds is 5. The first-order valence-electron chi connectivity index (χ1n) is 6.77. The highest BCUT2D eigenvalue weighted by atomic mass is 79.9. The fourth-order valence-corrected chi connectivity index (χ4v) is 2.98. The van der Waals surface area contributed by atoms with Gasteiger partial charge in [0.05, 0.1) is 5.41 Å². The van der Waals surface area contributed by atoms with Gasteiger partial charge in [0.25, 0.3) is 0 Å². The molecule has 1 saturated carbocycles. The van der Waals surface area contributed by atoms with Crippen molar-refractivity contribution in [2.45, 2.75) is 31.6 Å². The monoisotopic (exact) mass is 339 g/mol. The molecule has 1 aromatic rings. The van der Waals surface area contributed by atoms with E-state index >= 15 is 0 Å². The lowest BCUT2D eigenvalue weighted by Crippen LogP contribution is -2.52. The maximum atomic E-state index is 12.8. The highest BCUT2D eigenvalue weighted by Gasteiger charge is 2.47. The van der Waals surface area contributed by atoms with Gasteiger partial charge in [-0.25, -0.2) is 0 Å². The van der Waals surface area contributed by atoms with Gasteiger partial charge < -0.3 is 10.0 Å². The second-order valence-corrected chi connectivity index (χ2v) is 6.07. The van der Waals surface area contributed by atoms with E-state index in [4.69, 9.17) is 5.11 Å². The third-order valence-corrected chi connectivity index (χ3v) is 4.54. The Morgan fingerprint density at radius 2 is 1.90 bits per heavy atom. The summed E-state index contributed by atoms with van der Waals surface area (Å²) in [7, 11) is 0. The van der Waals surface area contributed by atoms with Crippen molar-refractivity contribution in [3.63, 3.8) is 0 Å². The number of halogens is 1. The minimum atomic E-state index is -0.967. The van der Waals surface area contributed by atoms with Crippen molar-refractivity contribution < 1.29 is 14.7 Å². The molecule has 1 N–H and O–H groups in total. The van der Waals surface area contributed by atoms with Gasteiger partial charge in [-0.15, -0.1) is 0 Å². The molecule has 1 aromatic carbocycles. The highest BCUT2D eigenvalue weighted by molar-refractivity contribution is 9.10. The molecule has 0 heterocycles. The number of carboxylic acid groups (broad SMARTS) is 1. The first-order valence-corrected chi connectivity index (χ1v) is 7.56.